The van der Waals surface area contributed by atoms with Crippen LogP contribution in [0, 0.1) is 12.8 Å². The van der Waals surface area contributed by atoms with E-state index >= 15 is 0 Å². The van der Waals surface area contributed by atoms with E-state index in [0.29, 0.717) is 18.0 Å². The Morgan fingerprint density at radius 1 is 1.21 bits per heavy atom. The summed E-state index contributed by atoms with van der Waals surface area (Å²) in [6.07, 6.45) is 6.89. The summed E-state index contributed by atoms with van der Waals surface area (Å²) in [6.45, 7) is 6.64. The van der Waals surface area contributed by atoms with Crippen molar-refractivity contribution < 1.29 is 9.53 Å². The molecule has 2 aromatic heterocycles. The molecule has 1 aliphatic carbocycles. The highest BCUT2D eigenvalue weighted by molar-refractivity contribution is 5.81. The Hall–Kier alpha value is -2.93. The van der Waals surface area contributed by atoms with Crippen molar-refractivity contribution in [3.8, 4) is 11.4 Å². The summed E-state index contributed by atoms with van der Waals surface area (Å²) in [5.41, 5.74) is 4.57. The third-order valence-electron chi connectivity index (χ3n) is 6.70. The van der Waals surface area contributed by atoms with E-state index in [0.717, 1.165) is 60.1 Å². The van der Waals surface area contributed by atoms with Crippen molar-refractivity contribution in [3.05, 3.63) is 51.9 Å². The van der Waals surface area contributed by atoms with Crippen LogP contribution >= 0.6 is 0 Å². The van der Waals surface area contributed by atoms with Gasteiger partial charge in [0.2, 0.25) is 0 Å². The molecule has 1 saturated carbocycles. The molecule has 0 spiro atoms. The van der Waals surface area contributed by atoms with E-state index in [-0.39, 0.29) is 23.7 Å². The van der Waals surface area contributed by atoms with Crippen LogP contribution in [0.15, 0.2) is 35.3 Å². The first-order valence-electron chi connectivity index (χ1n) is 12.3. The zero-order valence-corrected chi connectivity index (χ0v) is 20.9. The van der Waals surface area contributed by atoms with Crippen LogP contribution in [0.5, 0.6) is 0 Å². The molecule has 0 saturated heterocycles. The first kappa shape index (κ1) is 24.2. The highest BCUT2D eigenvalue weighted by Gasteiger charge is 2.26. The summed E-state index contributed by atoms with van der Waals surface area (Å²) in [5, 5.41) is 3.43. The van der Waals surface area contributed by atoms with E-state index in [1.165, 1.54) is 0 Å². The fourth-order valence-electron chi connectivity index (χ4n) is 4.84. The molecule has 0 aliphatic heterocycles. The molecule has 7 heteroatoms. The van der Waals surface area contributed by atoms with Crippen LogP contribution in [0.4, 0.5) is 0 Å². The van der Waals surface area contributed by atoms with Gasteiger partial charge in [0.25, 0.3) is 5.56 Å². The maximum Gasteiger partial charge on any atom is 0.323 e. The number of nitrogens with one attached hydrogen (secondary N) is 1. The fraction of sp³-hybridized carbons (Fsp3) is 0.519. The van der Waals surface area contributed by atoms with Crippen LogP contribution in [0.25, 0.3) is 22.4 Å². The lowest BCUT2D eigenvalue weighted by molar-refractivity contribution is -0.151. The van der Waals surface area contributed by atoms with Crippen molar-refractivity contribution in [2.75, 3.05) is 0 Å². The van der Waals surface area contributed by atoms with Crippen molar-refractivity contribution in [2.45, 2.75) is 71.6 Å². The number of fused-ring (bicyclic) bond motifs is 1. The second-order valence-corrected chi connectivity index (χ2v) is 10.1. The number of pyridine rings is 1. The van der Waals surface area contributed by atoms with Crippen LogP contribution in [0.3, 0.4) is 0 Å². The quantitative estimate of drug-likeness (QED) is 0.505. The van der Waals surface area contributed by atoms with Gasteiger partial charge in [0, 0.05) is 38.0 Å². The fourth-order valence-corrected chi connectivity index (χ4v) is 4.84. The Labute approximate surface area is 201 Å². The summed E-state index contributed by atoms with van der Waals surface area (Å²) in [7, 11) is 3.75. The maximum absolute atomic E-state index is 12.8. The molecule has 7 nitrogen and oxygen atoms in total. The molecule has 4 rings (SSSR count). The van der Waals surface area contributed by atoms with Crippen molar-refractivity contribution in [1.29, 1.82) is 0 Å². The first-order chi connectivity index (χ1) is 16.2. The number of rotatable bonds is 8. The number of hydrogen-bond acceptors (Lipinski definition) is 5. The van der Waals surface area contributed by atoms with Crippen molar-refractivity contribution in [3.63, 3.8) is 0 Å². The Bertz CT molecular complexity index is 1210. The minimum absolute atomic E-state index is 0.00159. The van der Waals surface area contributed by atoms with Gasteiger partial charge in [-0.15, -0.1) is 0 Å². The van der Waals surface area contributed by atoms with Gasteiger partial charge in [0.1, 0.15) is 18.0 Å². The molecule has 1 atom stereocenters. The van der Waals surface area contributed by atoms with Gasteiger partial charge in [-0.05, 0) is 68.7 Å². The minimum atomic E-state index is -0.316. The lowest BCUT2D eigenvalue weighted by atomic mass is 10.0. The molecule has 0 amide bonds. The van der Waals surface area contributed by atoms with Gasteiger partial charge in [-0.3, -0.25) is 9.59 Å². The van der Waals surface area contributed by atoms with Crippen molar-refractivity contribution in [1.82, 2.24) is 19.4 Å². The number of carbonyl (C=O) groups excluding carboxylic acids is 1. The Morgan fingerprint density at radius 2 is 1.94 bits per heavy atom. The molecular formula is C27H36N4O3. The highest BCUT2D eigenvalue weighted by Crippen LogP contribution is 2.25. The third-order valence-corrected chi connectivity index (χ3v) is 6.70. The summed E-state index contributed by atoms with van der Waals surface area (Å²) < 4.78 is 9.43. The molecule has 0 bridgehead atoms. The monoisotopic (exact) mass is 464 g/mol. The van der Waals surface area contributed by atoms with Crippen LogP contribution in [0.1, 0.15) is 57.1 Å². The van der Waals surface area contributed by atoms with E-state index in [2.05, 4.69) is 37.4 Å². The van der Waals surface area contributed by atoms with Gasteiger partial charge in [-0.1, -0.05) is 19.9 Å². The Morgan fingerprint density at radius 3 is 2.62 bits per heavy atom. The van der Waals surface area contributed by atoms with E-state index in [1.807, 2.05) is 30.8 Å². The van der Waals surface area contributed by atoms with E-state index in [1.54, 1.807) is 11.6 Å². The first-order valence-corrected chi connectivity index (χ1v) is 12.3. The van der Waals surface area contributed by atoms with Gasteiger partial charge in [0.05, 0.1) is 11.0 Å². The second kappa shape index (κ2) is 10.1. The summed E-state index contributed by atoms with van der Waals surface area (Å²) in [4.78, 5) is 29.8. The zero-order chi connectivity index (χ0) is 24.4. The molecule has 0 radical (unpaired) electrons. The molecule has 182 valence electrons. The number of hydrogen-bond donors (Lipinski definition) is 1. The highest BCUT2D eigenvalue weighted by atomic mass is 16.5. The van der Waals surface area contributed by atoms with Gasteiger partial charge in [-0.25, -0.2) is 4.98 Å². The Kier molecular flexibility index (Phi) is 7.22. The number of benzene rings is 1. The van der Waals surface area contributed by atoms with Gasteiger partial charge < -0.3 is 19.2 Å². The summed E-state index contributed by atoms with van der Waals surface area (Å²) in [6, 6.07) is 7.77. The van der Waals surface area contributed by atoms with Crippen molar-refractivity contribution >= 4 is 17.0 Å². The van der Waals surface area contributed by atoms with Crippen molar-refractivity contribution in [2.24, 2.45) is 20.0 Å². The number of esters is 1. The number of imidazole rings is 1. The minimum Gasteiger partial charge on any atom is -0.461 e. The standard InChI is InChI=1S/C27H36N4O3/c1-17(2)12-23(27(33)34-21-8-6-7-9-21)28-15-19-10-11-24-22(14-19)29-25(31(24)5)20-13-18(3)26(32)30(4)16-20/h10-11,13-14,16-17,21,23,28H,6-9,12,15H2,1-5H3/t23-/m0/s1. The number of aromatic nitrogens is 3. The van der Waals surface area contributed by atoms with Gasteiger partial charge >= 0.3 is 5.97 Å². The SMILES string of the molecule is Cc1cc(-c2nc3cc(CN[C@@H](CC(C)C)C(=O)OC4CCCC4)ccc3n2C)cn(C)c1=O. The molecule has 1 aromatic carbocycles. The molecule has 0 unspecified atom stereocenters. The molecule has 1 fully saturated rings. The largest absolute Gasteiger partial charge is 0.461 e. The average Bonchev–Trinajstić information content (AvgIpc) is 3.42. The average molecular weight is 465 g/mol. The Balaban J connectivity index is 1.52. The normalized spacial score (nSPS) is 15.4. The third kappa shape index (κ3) is 5.25. The summed E-state index contributed by atoms with van der Waals surface area (Å²) in [5.74, 6) is 1.07. The molecule has 34 heavy (non-hydrogen) atoms. The van der Waals surface area contributed by atoms with Crippen LogP contribution in [-0.4, -0.2) is 32.2 Å². The molecule has 1 aliphatic rings. The lowest BCUT2D eigenvalue weighted by Gasteiger charge is -2.21. The summed E-state index contributed by atoms with van der Waals surface area (Å²) >= 11 is 0. The second-order valence-electron chi connectivity index (χ2n) is 10.1. The lowest BCUT2D eigenvalue weighted by Crippen LogP contribution is -2.40. The van der Waals surface area contributed by atoms with E-state index in [9.17, 15) is 9.59 Å². The van der Waals surface area contributed by atoms with Crippen LogP contribution in [0.2, 0.25) is 0 Å². The zero-order valence-electron chi connectivity index (χ0n) is 20.9. The van der Waals surface area contributed by atoms with E-state index in [4.69, 9.17) is 9.72 Å². The molecule has 2 heterocycles. The molecule has 1 N–H and O–H groups in total. The maximum atomic E-state index is 12.8. The van der Waals surface area contributed by atoms with Gasteiger partial charge in [0.15, 0.2) is 0 Å². The smallest absolute Gasteiger partial charge is 0.323 e. The molecule has 3 aromatic rings. The van der Waals surface area contributed by atoms with Gasteiger partial charge in [-0.2, -0.15) is 0 Å². The number of nitrogens with zero attached hydrogens (tertiary/aromatic N) is 3. The predicted octanol–water partition coefficient (Wildman–Crippen LogP) is 4.24. The van der Waals surface area contributed by atoms with Crippen LogP contribution < -0.4 is 10.9 Å². The molecular weight excluding hydrogens is 428 g/mol. The number of carbonyl (C=O) groups is 1. The predicted molar refractivity (Wildman–Crippen MR) is 135 cm³/mol. The van der Waals surface area contributed by atoms with E-state index < -0.39 is 0 Å². The number of aryl methyl sites for hydroxylation is 3. The number of ether oxygens (including phenoxy) is 1. The van der Waals surface area contributed by atoms with Crippen LogP contribution in [-0.2, 0) is 30.2 Å². The topological polar surface area (TPSA) is 78.2 Å².